The van der Waals surface area contributed by atoms with Gasteiger partial charge in [0.2, 0.25) is 0 Å². The van der Waals surface area contributed by atoms with Gasteiger partial charge < -0.3 is 0 Å². The fourth-order valence-electron chi connectivity index (χ4n) is 6.73. The zero-order valence-electron chi connectivity index (χ0n) is 24.9. The molecule has 0 bridgehead atoms. The summed E-state index contributed by atoms with van der Waals surface area (Å²) in [4.78, 5) is 15.0. The van der Waals surface area contributed by atoms with Crippen molar-refractivity contribution in [2.24, 2.45) is 0 Å². The zero-order chi connectivity index (χ0) is 30.5. The van der Waals surface area contributed by atoms with E-state index in [9.17, 15) is 0 Å². The number of hydrogen-bond acceptors (Lipinski definition) is 3. The van der Waals surface area contributed by atoms with Gasteiger partial charge in [0, 0.05) is 28.1 Å². The summed E-state index contributed by atoms with van der Waals surface area (Å²) in [6.45, 7) is 0. The predicted octanol–water partition coefficient (Wildman–Crippen LogP) is 11.2. The third-order valence-corrected chi connectivity index (χ3v) is 8.93. The molecule has 0 fully saturated rings. The topological polar surface area (TPSA) is 38.7 Å². The van der Waals surface area contributed by atoms with Crippen LogP contribution in [-0.2, 0) is 0 Å². The Morgan fingerprint density at radius 1 is 0.326 bits per heavy atom. The fourth-order valence-corrected chi connectivity index (χ4v) is 6.73. The van der Waals surface area contributed by atoms with Crippen LogP contribution in [0, 0.1) is 0 Å². The highest BCUT2D eigenvalue weighted by Crippen LogP contribution is 2.40. The summed E-state index contributed by atoms with van der Waals surface area (Å²) in [5.41, 5.74) is 11.5. The summed E-state index contributed by atoms with van der Waals surface area (Å²) in [5, 5.41) is 5.88. The summed E-state index contributed by atoms with van der Waals surface area (Å²) in [5.74, 6) is 0. The lowest BCUT2D eigenvalue weighted by atomic mass is 9.91. The van der Waals surface area contributed by atoms with E-state index in [0.29, 0.717) is 0 Å². The second kappa shape index (κ2) is 10.8. The van der Waals surface area contributed by atoms with Crippen molar-refractivity contribution < 1.29 is 0 Å². The first kappa shape index (κ1) is 26.2. The van der Waals surface area contributed by atoms with Crippen molar-refractivity contribution in [3.8, 4) is 44.8 Å². The first-order chi connectivity index (χ1) is 22.8. The molecule has 0 radical (unpaired) electrons. The molecule has 9 rings (SSSR count). The summed E-state index contributed by atoms with van der Waals surface area (Å²) < 4.78 is 0. The Bertz CT molecular complexity index is 2570. The maximum Gasteiger partial charge on any atom is 0.0979 e. The van der Waals surface area contributed by atoms with E-state index in [4.69, 9.17) is 9.97 Å². The molecule has 2 heterocycles. The Morgan fingerprint density at radius 2 is 0.913 bits per heavy atom. The molecular weight excluding hydrogens is 558 g/mol. The van der Waals surface area contributed by atoms with E-state index in [1.807, 2.05) is 42.6 Å². The molecule has 3 heteroatoms. The largest absolute Gasteiger partial charge is 0.256 e. The van der Waals surface area contributed by atoms with E-state index in [1.54, 1.807) is 0 Å². The summed E-state index contributed by atoms with van der Waals surface area (Å²) in [6.07, 6.45) is 1.87. The predicted molar refractivity (Wildman–Crippen MR) is 192 cm³/mol. The normalized spacial score (nSPS) is 11.5. The van der Waals surface area contributed by atoms with Gasteiger partial charge in [-0.15, -0.1) is 0 Å². The van der Waals surface area contributed by atoms with Crippen LogP contribution < -0.4 is 0 Å². The second-order valence-corrected chi connectivity index (χ2v) is 11.6. The molecule has 0 aliphatic rings. The molecule has 214 valence electrons. The third-order valence-electron chi connectivity index (χ3n) is 8.93. The number of aromatic nitrogens is 3. The van der Waals surface area contributed by atoms with E-state index in [2.05, 4.69) is 126 Å². The molecule has 0 aliphatic carbocycles. The maximum atomic E-state index is 5.20. The van der Waals surface area contributed by atoms with Crippen molar-refractivity contribution in [1.82, 2.24) is 15.0 Å². The molecule has 7 aromatic carbocycles. The van der Waals surface area contributed by atoms with Crippen molar-refractivity contribution in [3.05, 3.63) is 164 Å². The molecule has 0 saturated heterocycles. The van der Waals surface area contributed by atoms with Crippen LogP contribution in [0.15, 0.2) is 164 Å². The Balaban J connectivity index is 1.17. The van der Waals surface area contributed by atoms with Gasteiger partial charge in [-0.2, -0.15) is 0 Å². The third kappa shape index (κ3) is 4.33. The van der Waals surface area contributed by atoms with Crippen LogP contribution in [0.2, 0.25) is 0 Å². The van der Waals surface area contributed by atoms with Crippen LogP contribution in [0.5, 0.6) is 0 Å². The first-order valence-corrected chi connectivity index (χ1v) is 15.5. The van der Waals surface area contributed by atoms with Gasteiger partial charge >= 0.3 is 0 Å². The monoisotopic (exact) mass is 585 g/mol. The van der Waals surface area contributed by atoms with Crippen LogP contribution in [0.4, 0.5) is 0 Å². The summed E-state index contributed by atoms with van der Waals surface area (Å²) in [6, 6.07) is 55.4. The number of para-hydroxylation sites is 2. The Hall–Kier alpha value is -6.19. The molecule has 0 saturated carbocycles. The van der Waals surface area contributed by atoms with Gasteiger partial charge in [0.25, 0.3) is 0 Å². The highest BCUT2D eigenvalue weighted by molar-refractivity contribution is 6.11. The van der Waals surface area contributed by atoms with Crippen molar-refractivity contribution in [2.45, 2.75) is 0 Å². The number of fused-ring (bicyclic) bond motifs is 5. The van der Waals surface area contributed by atoms with Gasteiger partial charge in [-0.3, -0.25) is 4.98 Å². The van der Waals surface area contributed by atoms with Gasteiger partial charge in [0.1, 0.15) is 0 Å². The molecule has 9 aromatic rings. The van der Waals surface area contributed by atoms with E-state index in [0.717, 1.165) is 49.8 Å². The van der Waals surface area contributed by atoms with Crippen LogP contribution in [0.1, 0.15) is 0 Å². The SMILES string of the molecule is c1ccc(-c2nc3ccccc3nc2-c2ccc(-c3ccc(-c4cccc5c4ccc4cccnc45)cc3)c3ccccc23)cc1. The lowest BCUT2D eigenvalue weighted by molar-refractivity contribution is 1.30. The average molecular weight is 586 g/mol. The van der Waals surface area contributed by atoms with Gasteiger partial charge in [0.15, 0.2) is 0 Å². The number of pyridine rings is 1. The molecule has 0 aliphatic heterocycles. The van der Waals surface area contributed by atoms with Gasteiger partial charge in [-0.1, -0.05) is 140 Å². The first-order valence-electron chi connectivity index (χ1n) is 15.5. The molecule has 3 nitrogen and oxygen atoms in total. The zero-order valence-corrected chi connectivity index (χ0v) is 24.9. The minimum absolute atomic E-state index is 0.887. The lowest BCUT2D eigenvalue weighted by Crippen LogP contribution is -1.96. The van der Waals surface area contributed by atoms with Gasteiger partial charge in [0.05, 0.1) is 27.9 Å². The van der Waals surface area contributed by atoms with Crippen LogP contribution in [-0.4, -0.2) is 15.0 Å². The number of nitrogens with zero attached hydrogens (tertiary/aromatic N) is 3. The minimum atomic E-state index is 0.887. The van der Waals surface area contributed by atoms with Crippen molar-refractivity contribution in [3.63, 3.8) is 0 Å². The quantitative estimate of drug-likeness (QED) is 0.193. The molecule has 0 atom stereocenters. The van der Waals surface area contributed by atoms with E-state index in [1.165, 1.54) is 38.4 Å². The second-order valence-electron chi connectivity index (χ2n) is 11.6. The smallest absolute Gasteiger partial charge is 0.0979 e. The summed E-state index contributed by atoms with van der Waals surface area (Å²) >= 11 is 0. The number of rotatable bonds is 4. The molecule has 0 N–H and O–H groups in total. The Labute approximate surface area is 266 Å². The highest BCUT2D eigenvalue weighted by atomic mass is 14.8. The van der Waals surface area contributed by atoms with Crippen molar-refractivity contribution >= 4 is 43.5 Å². The van der Waals surface area contributed by atoms with Gasteiger partial charge in [-0.05, 0) is 56.6 Å². The van der Waals surface area contributed by atoms with E-state index < -0.39 is 0 Å². The molecule has 2 aromatic heterocycles. The van der Waals surface area contributed by atoms with E-state index >= 15 is 0 Å². The number of benzene rings is 7. The average Bonchev–Trinajstić information content (AvgIpc) is 3.14. The number of hydrogen-bond donors (Lipinski definition) is 0. The molecule has 0 spiro atoms. The highest BCUT2D eigenvalue weighted by Gasteiger charge is 2.17. The molecular formula is C43H27N3. The minimum Gasteiger partial charge on any atom is -0.256 e. The standard InChI is InChI=1S/C43H27N3/c1-2-10-30(11-3-1)42-43(46-40-18-7-6-17-39(40)45-42)38-26-25-33(34-13-4-5-14-35(34)38)29-21-19-28(20-22-29)32-15-8-16-37-36(32)24-23-31-12-9-27-44-41(31)37/h1-27H. The maximum absolute atomic E-state index is 5.20. The lowest BCUT2D eigenvalue weighted by Gasteiger charge is -2.15. The molecule has 0 amide bonds. The molecule has 46 heavy (non-hydrogen) atoms. The van der Waals surface area contributed by atoms with Gasteiger partial charge in [-0.25, -0.2) is 9.97 Å². The van der Waals surface area contributed by atoms with E-state index in [-0.39, 0.29) is 0 Å². The van der Waals surface area contributed by atoms with Crippen LogP contribution in [0.25, 0.3) is 88.2 Å². The molecule has 0 unspecified atom stereocenters. The Morgan fingerprint density at radius 3 is 1.67 bits per heavy atom. The summed E-state index contributed by atoms with van der Waals surface area (Å²) in [7, 11) is 0. The van der Waals surface area contributed by atoms with Crippen molar-refractivity contribution in [2.75, 3.05) is 0 Å². The van der Waals surface area contributed by atoms with Crippen LogP contribution in [0.3, 0.4) is 0 Å². The fraction of sp³-hybridized carbons (Fsp3) is 0. The van der Waals surface area contributed by atoms with Crippen molar-refractivity contribution in [1.29, 1.82) is 0 Å². The van der Waals surface area contributed by atoms with Crippen LogP contribution >= 0.6 is 0 Å². The Kier molecular flexibility index (Phi) is 6.14.